The van der Waals surface area contributed by atoms with Crippen molar-refractivity contribution in [1.82, 2.24) is 0 Å². The van der Waals surface area contributed by atoms with E-state index in [1.54, 1.807) is 31.2 Å². The standard InChI is InChI=1S/C25H20ClNO5.C19H15ClO5/c26-21-12-20-19(17-4-2-1-3-5-17)13-25(30)32-22(20)14-23(21)31-15-24(29)27-18-8-6-16(7-9-18)10-11-28;1-11(19(22)23-2)24-17-10-16-14(8-15(17)20)13(9-18(21)25-16)12-6-4-3-5-7-12/h1-9,12-14,28H,10-11,15H2,(H,27,29);3-11H,1-2H3. The second kappa shape index (κ2) is 18.5. The van der Waals surface area contributed by atoms with Gasteiger partial charge in [-0.2, -0.15) is 0 Å². The molecular weight excluding hydrogens is 773 g/mol. The van der Waals surface area contributed by atoms with Crippen LogP contribution in [0.15, 0.2) is 140 Å². The second-order valence-electron chi connectivity index (χ2n) is 12.5. The predicted molar refractivity (Wildman–Crippen MR) is 219 cm³/mol. The van der Waals surface area contributed by atoms with E-state index < -0.39 is 23.3 Å². The van der Waals surface area contributed by atoms with Gasteiger partial charge in [0.15, 0.2) is 12.7 Å². The van der Waals surface area contributed by atoms with Crippen LogP contribution < -0.4 is 26.0 Å². The minimum absolute atomic E-state index is 0.0685. The Balaban J connectivity index is 0.000000199. The summed E-state index contributed by atoms with van der Waals surface area (Å²) in [4.78, 5) is 47.8. The summed E-state index contributed by atoms with van der Waals surface area (Å²) in [5.74, 6) is -0.424. The van der Waals surface area contributed by atoms with Crippen molar-refractivity contribution in [2.45, 2.75) is 19.4 Å². The molecule has 0 radical (unpaired) electrons. The number of amides is 1. The van der Waals surface area contributed by atoms with E-state index >= 15 is 0 Å². The molecule has 13 heteroatoms. The molecule has 57 heavy (non-hydrogen) atoms. The summed E-state index contributed by atoms with van der Waals surface area (Å²) in [5, 5.41) is 13.6. The molecule has 1 unspecified atom stereocenters. The Morgan fingerprint density at radius 3 is 1.74 bits per heavy atom. The number of nitrogens with one attached hydrogen (secondary N) is 1. The number of halogens is 2. The van der Waals surface area contributed by atoms with Gasteiger partial charge in [-0.3, -0.25) is 4.79 Å². The highest BCUT2D eigenvalue weighted by Crippen LogP contribution is 2.36. The maximum atomic E-state index is 12.3. The number of aliphatic hydroxyl groups is 1. The SMILES string of the molecule is COC(=O)C(C)Oc1cc2oc(=O)cc(-c3ccccc3)c2cc1Cl.O=C(COc1cc2oc(=O)cc(-c3ccccc3)c2cc1Cl)Nc1ccc(CCO)cc1. The summed E-state index contributed by atoms with van der Waals surface area (Å²) < 4.78 is 26.4. The molecule has 7 aromatic rings. The lowest BCUT2D eigenvalue weighted by molar-refractivity contribution is -0.147. The van der Waals surface area contributed by atoms with Gasteiger partial charge in [0.05, 0.1) is 17.2 Å². The molecular formula is C44H35Cl2NO10. The van der Waals surface area contributed by atoms with E-state index in [1.165, 1.54) is 31.4 Å². The van der Waals surface area contributed by atoms with E-state index in [0.717, 1.165) is 16.7 Å². The molecule has 0 spiro atoms. The molecule has 290 valence electrons. The Bertz CT molecular complexity index is 2640. The average Bonchev–Trinajstić information content (AvgIpc) is 3.21. The minimum atomic E-state index is -0.844. The van der Waals surface area contributed by atoms with E-state index in [-0.39, 0.29) is 30.6 Å². The largest absolute Gasteiger partial charge is 0.482 e. The first-order valence-electron chi connectivity index (χ1n) is 17.6. The van der Waals surface area contributed by atoms with Crippen molar-refractivity contribution < 1.29 is 37.7 Å². The van der Waals surface area contributed by atoms with Gasteiger partial charge in [0.1, 0.15) is 22.7 Å². The van der Waals surface area contributed by atoms with Crippen LogP contribution in [0.3, 0.4) is 0 Å². The normalized spacial score (nSPS) is 11.3. The van der Waals surface area contributed by atoms with Crippen molar-refractivity contribution in [3.8, 4) is 33.8 Å². The van der Waals surface area contributed by atoms with Crippen molar-refractivity contribution in [3.05, 3.63) is 158 Å². The number of benzene rings is 5. The number of ether oxygens (including phenoxy) is 3. The molecule has 0 aliphatic rings. The smallest absolute Gasteiger partial charge is 0.346 e. The van der Waals surface area contributed by atoms with Crippen LogP contribution in [0.25, 0.3) is 44.2 Å². The van der Waals surface area contributed by atoms with Gasteiger partial charge >= 0.3 is 17.2 Å². The number of carbonyl (C=O) groups is 2. The Morgan fingerprint density at radius 1 is 0.719 bits per heavy atom. The van der Waals surface area contributed by atoms with E-state index in [1.807, 2.05) is 72.8 Å². The second-order valence-corrected chi connectivity index (χ2v) is 13.4. The first-order chi connectivity index (χ1) is 27.5. The van der Waals surface area contributed by atoms with Crippen LogP contribution >= 0.6 is 23.2 Å². The summed E-state index contributed by atoms with van der Waals surface area (Å²) in [7, 11) is 1.27. The van der Waals surface area contributed by atoms with Crippen molar-refractivity contribution in [3.63, 3.8) is 0 Å². The molecule has 2 N–H and O–H groups in total. The third-order valence-corrected chi connectivity index (χ3v) is 9.19. The van der Waals surface area contributed by atoms with E-state index in [4.69, 9.17) is 46.6 Å². The minimum Gasteiger partial charge on any atom is -0.482 e. The maximum Gasteiger partial charge on any atom is 0.346 e. The summed E-state index contributed by atoms with van der Waals surface area (Å²) in [6.07, 6.45) is -0.288. The quantitative estimate of drug-likeness (QED) is 0.0958. The van der Waals surface area contributed by atoms with Crippen LogP contribution in [0.2, 0.25) is 10.0 Å². The number of methoxy groups -OCH3 is 1. The third-order valence-electron chi connectivity index (χ3n) is 8.60. The van der Waals surface area contributed by atoms with Gasteiger partial charge in [0.25, 0.3) is 5.91 Å². The van der Waals surface area contributed by atoms with Crippen LogP contribution in [-0.2, 0) is 20.7 Å². The lowest BCUT2D eigenvalue weighted by Crippen LogP contribution is -2.25. The Morgan fingerprint density at radius 2 is 1.23 bits per heavy atom. The first kappa shape index (κ1) is 40.3. The van der Waals surface area contributed by atoms with Gasteiger partial charge in [-0.1, -0.05) is 96.0 Å². The lowest BCUT2D eigenvalue weighted by Gasteiger charge is -2.14. The first-order valence-corrected chi connectivity index (χ1v) is 18.3. The molecule has 1 atom stereocenters. The number of fused-ring (bicyclic) bond motifs is 2. The Labute approximate surface area is 335 Å². The highest BCUT2D eigenvalue weighted by atomic mass is 35.5. The molecule has 2 aromatic heterocycles. The highest BCUT2D eigenvalue weighted by molar-refractivity contribution is 6.33. The number of aliphatic hydroxyl groups excluding tert-OH is 1. The zero-order chi connectivity index (χ0) is 40.5. The molecule has 2 heterocycles. The number of carbonyl (C=O) groups excluding carboxylic acids is 2. The molecule has 0 bridgehead atoms. The van der Waals surface area contributed by atoms with Crippen LogP contribution in [0.5, 0.6) is 11.5 Å². The number of hydrogen-bond donors (Lipinski definition) is 2. The summed E-state index contributed by atoms with van der Waals surface area (Å²) in [5.41, 5.74) is 4.39. The Hall–Kier alpha value is -6.40. The van der Waals surface area contributed by atoms with Gasteiger partial charge in [-0.05, 0) is 65.4 Å². The fraction of sp³-hybridized carbons (Fsp3) is 0.136. The van der Waals surface area contributed by atoms with Gasteiger partial charge in [0, 0.05) is 47.3 Å². The number of rotatable bonds is 11. The van der Waals surface area contributed by atoms with Gasteiger partial charge in [-0.15, -0.1) is 0 Å². The molecule has 0 aliphatic carbocycles. The van der Waals surface area contributed by atoms with Crippen LogP contribution in [0.1, 0.15) is 12.5 Å². The Kier molecular flexibility index (Phi) is 13.1. The highest BCUT2D eigenvalue weighted by Gasteiger charge is 2.19. The van der Waals surface area contributed by atoms with Crippen molar-refractivity contribution >= 4 is 62.7 Å². The zero-order valence-electron chi connectivity index (χ0n) is 30.6. The van der Waals surface area contributed by atoms with E-state index in [2.05, 4.69) is 10.1 Å². The molecule has 7 rings (SSSR count). The molecule has 0 fully saturated rings. The van der Waals surface area contributed by atoms with Crippen LogP contribution in [0, 0.1) is 0 Å². The van der Waals surface area contributed by atoms with Gasteiger partial charge in [-0.25, -0.2) is 14.4 Å². The molecule has 0 saturated heterocycles. The summed E-state index contributed by atoms with van der Waals surface area (Å²) >= 11 is 12.7. The fourth-order valence-corrected chi connectivity index (χ4v) is 6.30. The van der Waals surface area contributed by atoms with Crippen molar-refractivity contribution in [2.24, 2.45) is 0 Å². The molecule has 11 nitrogen and oxygen atoms in total. The van der Waals surface area contributed by atoms with Crippen LogP contribution in [0.4, 0.5) is 5.69 Å². The van der Waals surface area contributed by atoms with Crippen molar-refractivity contribution in [2.75, 3.05) is 25.6 Å². The van der Waals surface area contributed by atoms with Crippen molar-refractivity contribution in [1.29, 1.82) is 0 Å². The van der Waals surface area contributed by atoms with E-state index in [0.29, 0.717) is 55.2 Å². The summed E-state index contributed by atoms with van der Waals surface area (Å²) in [6.45, 7) is 1.34. The van der Waals surface area contributed by atoms with Gasteiger partial charge in [0.2, 0.25) is 0 Å². The number of anilines is 1. The molecule has 5 aromatic carbocycles. The van der Waals surface area contributed by atoms with Gasteiger partial charge < -0.3 is 33.5 Å². The van der Waals surface area contributed by atoms with E-state index in [9.17, 15) is 19.2 Å². The molecule has 0 aliphatic heterocycles. The number of hydrogen-bond acceptors (Lipinski definition) is 10. The average molecular weight is 809 g/mol. The lowest BCUT2D eigenvalue weighted by atomic mass is 10.0. The predicted octanol–water partition coefficient (Wildman–Crippen LogP) is 8.72. The summed E-state index contributed by atoms with van der Waals surface area (Å²) in [6, 6.07) is 35.3. The molecule has 1 amide bonds. The number of esters is 1. The fourth-order valence-electron chi connectivity index (χ4n) is 5.87. The topological polar surface area (TPSA) is 155 Å². The maximum absolute atomic E-state index is 12.3. The third kappa shape index (κ3) is 10.1. The molecule has 0 saturated carbocycles. The van der Waals surface area contributed by atoms with Crippen LogP contribution in [-0.4, -0.2) is 43.4 Å². The monoisotopic (exact) mass is 807 g/mol. The zero-order valence-corrected chi connectivity index (χ0v) is 32.1.